The van der Waals surface area contributed by atoms with E-state index in [9.17, 15) is 23.1 Å². The van der Waals surface area contributed by atoms with Gasteiger partial charge in [0.25, 0.3) is 0 Å². The first kappa shape index (κ1) is 25.0. The fourth-order valence-corrected chi connectivity index (χ4v) is 6.99. The second kappa shape index (κ2) is 10.5. The van der Waals surface area contributed by atoms with E-state index in [2.05, 4.69) is 0 Å². The number of carbonyl (C=O) groups is 2. The van der Waals surface area contributed by atoms with Crippen LogP contribution in [0.25, 0.3) is 0 Å². The topological polar surface area (TPSA) is 95.0 Å². The first-order valence-electron chi connectivity index (χ1n) is 11.5. The van der Waals surface area contributed by atoms with Crippen LogP contribution < -0.4 is 0 Å². The fourth-order valence-electron chi connectivity index (χ4n) is 4.77. The van der Waals surface area contributed by atoms with Gasteiger partial charge in [-0.05, 0) is 49.8 Å². The molecule has 0 bridgehead atoms. The van der Waals surface area contributed by atoms with Crippen LogP contribution in [0.2, 0.25) is 5.02 Å². The molecule has 7 nitrogen and oxygen atoms in total. The van der Waals surface area contributed by atoms with Gasteiger partial charge < -0.3 is 10.0 Å². The van der Waals surface area contributed by atoms with Crippen molar-refractivity contribution < 1.29 is 23.1 Å². The standard InChI is InChI=1S/C23H33ClN2O5S/c1-3-19(15-25(4-2)32(30,31)20-6-5-7-20)26-21(16-8-11-18(24)12-9-16)13-10-17(23(26)29)14-22(27)28/h8-9,11-12,17,19-21H,3-7,10,13-15H2,1-2H3,(H,27,28). The SMILES string of the molecule is CCC(CN(CC)S(=O)(=O)C1CCC1)N1C(=O)C(CC(=O)O)CCC1c1ccc(Cl)cc1. The Labute approximate surface area is 195 Å². The molecule has 1 heterocycles. The molecular formula is C23H33ClN2O5S. The van der Waals surface area contributed by atoms with E-state index in [0.717, 1.165) is 12.0 Å². The molecular weight excluding hydrogens is 452 g/mol. The van der Waals surface area contributed by atoms with Gasteiger partial charge in [0, 0.05) is 30.1 Å². The van der Waals surface area contributed by atoms with Crippen molar-refractivity contribution in [1.29, 1.82) is 0 Å². The number of amides is 1. The Morgan fingerprint density at radius 3 is 2.34 bits per heavy atom. The largest absolute Gasteiger partial charge is 0.481 e. The van der Waals surface area contributed by atoms with Crippen LogP contribution in [0.15, 0.2) is 24.3 Å². The highest BCUT2D eigenvalue weighted by Gasteiger charge is 2.42. The van der Waals surface area contributed by atoms with Gasteiger partial charge in [-0.2, -0.15) is 4.31 Å². The highest BCUT2D eigenvalue weighted by Crippen LogP contribution is 2.38. The van der Waals surface area contributed by atoms with Gasteiger partial charge in [-0.3, -0.25) is 9.59 Å². The number of carbonyl (C=O) groups excluding carboxylic acids is 1. The average Bonchev–Trinajstić information content (AvgIpc) is 2.69. The van der Waals surface area contributed by atoms with Crippen LogP contribution in [0.5, 0.6) is 0 Å². The number of aliphatic carboxylic acids is 1. The average molecular weight is 485 g/mol. The number of carboxylic acid groups (broad SMARTS) is 1. The number of rotatable bonds is 10. The van der Waals surface area contributed by atoms with Gasteiger partial charge in [-0.15, -0.1) is 0 Å². The monoisotopic (exact) mass is 484 g/mol. The molecule has 0 radical (unpaired) electrons. The molecule has 1 N–H and O–H groups in total. The van der Waals surface area contributed by atoms with E-state index >= 15 is 0 Å². The molecule has 3 unspecified atom stereocenters. The molecule has 1 amide bonds. The van der Waals surface area contributed by atoms with Gasteiger partial charge in [-0.1, -0.05) is 44.0 Å². The van der Waals surface area contributed by atoms with Gasteiger partial charge >= 0.3 is 5.97 Å². The summed E-state index contributed by atoms with van der Waals surface area (Å²) in [7, 11) is -3.41. The van der Waals surface area contributed by atoms with E-state index in [1.54, 1.807) is 17.0 Å². The number of piperidine rings is 1. The number of hydrogen-bond donors (Lipinski definition) is 1. The summed E-state index contributed by atoms with van der Waals surface area (Å²) in [6, 6.07) is 6.77. The maximum absolute atomic E-state index is 13.5. The summed E-state index contributed by atoms with van der Waals surface area (Å²) < 4.78 is 27.7. The van der Waals surface area contributed by atoms with Gasteiger partial charge in [0.15, 0.2) is 0 Å². The maximum atomic E-state index is 13.5. The Morgan fingerprint density at radius 2 is 1.84 bits per heavy atom. The Morgan fingerprint density at radius 1 is 1.19 bits per heavy atom. The molecule has 32 heavy (non-hydrogen) atoms. The van der Waals surface area contributed by atoms with Crippen molar-refractivity contribution in [2.24, 2.45) is 5.92 Å². The molecule has 1 aromatic rings. The summed E-state index contributed by atoms with van der Waals surface area (Å²) in [5.41, 5.74) is 0.930. The van der Waals surface area contributed by atoms with Crippen molar-refractivity contribution in [3.8, 4) is 0 Å². The van der Waals surface area contributed by atoms with E-state index < -0.39 is 21.9 Å². The van der Waals surface area contributed by atoms with Crippen LogP contribution >= 0.6 is 11.6 Å². The number of nitrogens with zero attached hydrogens (tertiary/aromatic N) is 2. The summed E-state index contributed by atoms with van der Waals surface area (Å²) in [6.07, 6.45) is 3.79. The van der Waals surface area contributed by atoms with Crippen molar-refractivity contribution in [3.05, 3.63) is 34.9 Å². The molecule has 1 saturated carbocycles. The zero-order valence-electron chi connectivity index (χ0n) is 18.7. The van der Waals surface area contributed by atoms with Crippen LogP contribution in [-0.2, 0) is 19.6 Å². The number of likely N-dealkylation sites (tertiary alicyclic amines) is 1. The molecule has 2 fully saturated rings. The van der Waals surface area contributed by atoms with Crippen LogP contribution in [0.4, 0.5) is 0 Å². The minimum absolute atomic E-state index is 0.206. The Balaban J connectivity index is 1.92. The van der Waals surface area contributed by atoms with Gasteiger partial charge in [0.1, 0.15) is 0 Å². The number of sulfonamides is 1. The molecule has 178 valence electrons. The highest BCUT2D eigenvalue weighted by molar-refractivity contribution is 7.89. The lowest BCUT2D eigenvalue weighted by Gasteiger charge is -2.45. The Kier molecular flexibility index (Phi) is 8.22. The molecule has 1 aromatic carbocycles. The van der Waals surface area contributed by atoms with Crippen molar-refractivity contribution >= 4 is 33.5 Å². The zero-order valence-corrected chi connectivity index (χ0v) is 20.3. The Bertz CT molecular complexity index is 917. The van der Waals surface area contributed by atoms with Crippen molar-refractivity contribution in [2.75, 3.05) is 13.1 Å². The lowest BCUT2D eigenvalue weighted by molar-refractivity contribution is -0.151. The summed E-state index contributed by atoms with van der Waals surface area (Å²) in [4.78, 5) is 26.6. The third-order valence-corrected chi connectivity index (χ3v) is 9.56. The predicted octanol–water partition coefficient (Wildman–Crippen LogP) is 4.08. The third kappa shape index (κ3) is 5.29. The molecule has 2 aliphatic rings. The quantitative estimate of drug-likeness (QED) is 0.540. The zero-order chi connectivity index (χ0) is 23.5. The molecule has 1 aliphatic carbocycles. The second-order valence-electron chi connectivity index (χ2n) is 8.80. The lowest BCUT2D eigenvalue weighted by atomic mass is 9.85. The number of carboxylic acids is 1. The van der Waals surface area contributed by atoms with E-state index in [-0.39, 0.29) is 36.2 Å². The number of benzene rings is 1. The maximum Gasteiger partial charge on any atom is 0.304 e. The minimum Gasteiger partial charge on any atom is -0.481 e. The van der Waals surface area contributed by atoms with E-state index in [0.29, 0.717) is 43.7 Å². The van der Waals surface area contributed by atoms with Crippen LogP contribution in [0, 0.1) is 5.92 Å². The molecule has 0 aromatic heterocycles. The summed E-state index contributed by atoms with van der Waals surface area (Å²) in [5.74, 6) is -1.80. The second-order valence-corrected chi connectivity index (χ2v) is 11.4. The van der Waals surface area contributed by atoms with E-state index in [1.807, 2.05) is 26.0 Å². The van der Waals surface area contributed by atoms with Crippen LogP contribution in [0.3, 0.4) is 0 Å². The summed E-state index contributed by atoms with van der Waals surface area (Å²) >= 11 is 6.05. The summed E-state index contributed by atoms with van der Waals surface area (Å²) in [6.45, 7) is 4.34. The molecule has 0 spiro atoms. The molecule has 1 saturated heterocycles. The Hall–Kier alpha value is -1.64. The first-order valence-corrected chi connectivity index (χ1v) is 13.4. The number of hydrogen-bond acceptors (Lipinski definition) is 4. The van der Waals surface area contributed by atoms with Crippen LogP contribution in [0.1, 0.15) is 70.4 Å². The van der Waals surface area contributed by atoms with Crippen LogP contribution in [-0.4, -0.2) is 59.0 Å². The van der Waals surface area contributed by atoms with Crippen molar-refractivity contribution in [3.63, 3.8) is 0 Å². The molecule has 9 heteroatoms. The third-order valence-electron chi connectivity index (χ3n) is 6.87. The lowest BCUT2D eigenvalue weighted by Crippen LogP contribution is -2.54. The van der Waals surface area contributed by atoms with E-state index in [1.165, 1.54) is 4.31 Å². The molecule has 1 aliphatic heterocycles. The van der Waals surface area contributed by atoms with Crippen molar-refractivity contribution in [1.82, 2.24) is 9.21 Å². The van der Waals surface area contributed by atoms with Gasteiger partial charge in [-0.25, -0.2) is 8.42 Å². The predicted molar refractivity (Wildman–Crippen MR) is 124 cm³/mol. The molecule has 3 rings (SSSR count). The fraction of sp³-hybridized carbons (Fsp3) is 0.652. The molecule has 3 atom stereocenters. The van der Waals surface area contributed by atoms with E-state index in [4.69, 9.17) is 11.6 Å². The minimum atomic E-state index is -3.41. The number of likely N-dealkylation sites (N-methyl/N-ethyl adjacent to an activating group) is 1. The van der Waals surface area contributed by atoms with Crippen molar-refractivity contribution in [2.45, 2.75) is 76.1 Å². The smallest absolute Gasteiger partial charge is 0.304 e. The summed E-state index contributed by atoms with van der Waals surface area (Å²) in [5, 5.41) is 9.56. The first-order chi connectivity index (χ1) is 15.2. The van der Waals surface area contributed by atoms with Gasteiger partial charge in [0.05, 0.1) is 17.7 Å². The van der Waals surface area contributed by atoms with Gasteiger partial charge in [0.2, 0.25) is 15.9 Å². The highest BCUT2D eigenvalue weighted by atomic mass is 35.5. The number of halogens is 1. The normalized spacial score (nSPS) is 23.2.